The number of carbonyl (C=O) groups excluding carboxylic acids is 1. The van der Waals surface area contributed by atoms with Crippen LogP contribution in [0.5, 0.6) is 0 Å². The van der Waals surface area contributed by atoms with Crippen LogP contribution in [0, 0.1) is 5.82 Å². The van der Waals surface area contributed by atoms with Crippen LogP contribution in [-0.2, 0) is 0 Å². The summed E-state index contributed by atoms with van der Waals surface area (Å²) in [5.74, 6) is -0.370. The third kappa shape index (κ3) is 3.29. The number of rotatable bonds is 3. The van der Waals surface area contributed by atoms with E-state index in [1.807, 2.05) is 4.90 Å². The van der Waals surface area contributed by atoms with Crippen LogP contribution in [0.3, 0.4) is 0 Å². The number of hydrogen-bond acceptors (Lipinski definition) is 5. The molecule has 4 nitrogen and oxygen atoms in total. The minimum atomic E-state index is -0.327. The number of amides is 1. The van der Waals surface area contributed by atoms with Crippen LogP contribution in [0.2, 0.25) is 0 Å². The number of halogens is 1. The van der Waals surface area contributed by atoms with E-state index in [9.17, 15) is 9.18 Å². The lowest BCUT2D eigenvalue weighted by atomic mass is 10.2. The Morgan fingerprint density at radius 3 is 2.54 bits per heavy atom. The standard InChI is InChI=1S/C19H18FN3OS2/c1-25-15-3-2-4-16-17(15)21-19(26-16)23-11-9-22(10-12-23)18(24)13-5-7-14(20)8-6-13/h2-8H,9-12H2,1H3. The number of nitrogens with zero attached hydrogens (tertiary/aromatic N) is 3. The number of aromatic nitrogens is 1. The summed E-state index contributed by atoms with van der Waals surface area (Å²) in [6.07, 6.45) is 2.06. The maximum absolute atomic E-state index is 13.0. The molecule has 3 aromatic rings. The number of hydrogen-bond donors (Lipinski definition) is 0. The molecule has 0 atom stereocenters. The van der Waals surface area contributed by atoms with E-state index in [0.29, 0.717) is 18.7 Å². The van der Waals surface area contributed by atoms with E-state index in [1.54, 1.807) is 35.2 Å². The van der Waals surface area contributed by atoms with Crippen molar-refractivity contribution in [2.45, 2.75) is 4.90 Å². The summed E-state index contributed by atoms with van der Waals surface area (Å²) in [5.41, 5.74) is 1.59. The van der Waals surface area contributed by atoms with E-state index in [-0.39, 0.29) is 11.7 Å². The molecule has 1 amide bonds. The molecule has 1 aliphatic rings. The third-order valence-corrected chi connectivity index (χ3v) is 6.37. The predicted molar refractivity (Wildman–Crippen MR) is 106 cm³/mol. The van der Waals surface area contributed by atoms with Gasteiger partial charge >= 0.3 is 0 Å². The Morgan fingerprint density at radius 2 is 1.85 bits per heavy atom. The number of carbonyl (C=O) groups is 1. The second-order valence-corrected chi connectivity index (χ2v) is 7.95. The highest BCUT2D eigenvalue weighted by molar-refractivity contribution is 7.98. The van der Waals surface area contributed by atoms with Crippen molar-refractivity contribution in [3.63, 3.8) is 0 Å². The smallest absolute Gasteiger partial charge is 0.253 e. The first kappa shape index (κ1) is 17.3. The Bertz CT molecular complexity index is 934. The van der Waals surface area contributed by atoms with Gasteiger partial charge in [0.1, 0.15) is 5.82 Å². The van der Waals surface area contributed by atoms with Crippen molar-refractivity contribution in [2.75, 3.05) is 37.3 Å². The molecule has 0 saturated carbocycles. The van der Waals surface area contributed by atoms with E-state index >= 15 is 0 Å². The summed E-state index contributed by atoms with van der Waals surface area (Å²) < 4.78 is 14.2. The largest absolute Gasteiger partial charge is 0.345 e. The predicted octanol–water partition coefficient (Wildman–Crippen LogP) is 4.12. The number of thioether (sulfide) groups is 1. The number of anilines is 1. The molecular weight excluding hydrogens is 369 g/mol. The van der Waals surface area contributed by atoms with Gasteiger partial charge in [-0.1, -0.05) is 17.4 Å². The first-order valence-corrected chi connectivity index (χ1v) is 10.4. The molecule has 4 rings (SSSR count). The maximum Gasteiger partial charge on any atom is 0.253 e. The topological polar surface area (TPSA) is 36.4 Å². The van der Waals surface area contributed by atoms with Crippen molar-refractivity contribution in [3.8, 4) is 0 Å². The number of benzene rings is 2. The summed E-state index contributed by atoms with van der Waals surface area (Å²) in [4.78, 5) is 22.6. The van der Waals surface area contributed by atoms with Gasteiger partial charge in [0, 0.05) is 36.6 Å². The summed E-state index contributed by atoms with van der Waals surface area (Å²) in [7, 11) is 0. The van der Waals surface area contributed by atoms with Crippen molar-refractivity contribution in [1.29, 1.82) is 0 Å². The van der Waals surface area contributed by atoms with Crippen LogP contribution in [-0.4, -0.2) is 48.2 Å². The zero-order chi connectivity index (χ0) is 18.1. The molecule has 1 aromatic heterocycles. The zero-order valence-corrected chi connectivity index (χ0v) is 15.9. The molecule has 134 valence electrons. The van der Waals surface area contributed by atoms with Crippen LogP contribution in [0.25, 0.3) is 10.2 Å². The third-order valence-electron chi connectivity index (χ3n) is 4.52. The number of para-hydroxylation sites is 1. The van der Waals surface area contributed by atoms with Crippen molar-refractivity contribution >= 4 is 44.4 Å². The van der Waals surface area contributed by atoms with Gasteiger partial charge < -0.3 is 9.80 Å². The minimum absolute atomic E-state index is 0.0429. The normalized spacial score (nSPS) is 14.8. The van der Waals surface area contributed by atoms with Crippen molar-refractivity contribution in [2.24, 2.45) is 0 Å². The summed E-state index contributed by atoms with van der Waals surface area (Å²) in [6, 6.07) is 12.0. The first-order valence-electron chi connectivity index (χ1n) is 8.39. The maximum atomic E-state index is 13.0. The van der Waals surface area contributed by atoms with Gasteiger partial charge in [-0.05, 0) is 42.7 Å². The van der Waals surface area contributed by atoms with Gasteiger partial charge in [-0.3, -0.25) is 4.79 Å². The molecule has 0 N–H and O–H groups in total. The SMILES string of the molecule is CSc1cccc2sc(N3CCN(C(=O)c4ccc(F)cc4)CC3)nc12. The van der Waals surface area contributed by atoms with E-state index < -0.39 is 0 Å². The molecule has 1 saturated heterocycles. The lowest BCUT2D eigenvalue weighted by Crippen LogP contribution is -2.48. The lowest BCUT2D eigenvalue weighted by Gasteiger charge is -2.34. The van der Waals surface area contributed by atoms with Gasteiger partial charge in [-0.25, -0.2) is 9.37 Å². The second-order valence-electron chi connectivity index (χ2n) is 6.09. The Hall–Kier alpha value is -2.12. The van der Waals surface area contributed by atoms with E-state index in [4.69, 9.17) is 4.98 Å². The Balaban J connectivity index is 1.46. The molecule has 2 heterocycles. The molecule has 26 heavy (non-hydrogen) atoms. The quantitative estimate of drug-likeness (QED) is 0.634. The Morgan fingerprint density at radius 1 is 1.12 bits per heavy atom. The van der Waals surface area contributed by atoms with E-state index in [0.717, 1.165) is 23.7 Å². The number of piperazine rings is 1. The highest BCUT2D eigenvalue weighted by Gasteiger charge is 2.24. The molecule has 1 fully saturated rings. The van der Waals surface area contributed by atoms with Gasteiger partial charge in [-0.2, -0.15) is 0 Å². The van der Waals surface area contributed by atoms with Crippen LogP contribution >= 0.6 is 23.1 Å². The van der Waals surface area contributed by atoms with E-state index in [1.165, 1.54) is 21.7 Å². The lowest BCUT2D eigenvalue weighted by molar-refractivity contribution is 0.0746. The average molecular weight is 388 g/mol. The number of fused-ring (bicyclic) bond motifs is 1. The highest BCUT2D eigenvalue weighted by Crippen LogP contribution is 2.34. The Kier molecular flexibility index (Phi) is 4.82. The van der Waals surface area contributed by atoms with Crippen LogP contribution in [0.15, 0.2) is 47.4 Å². The van der Waals surface area contributed by atoms with Crippen molar-refractivity contribution in [3.05, 3.63) is 53.8 Å². The van der Waals surface area contributed by atoms with Crippen LogP contribution < -0.4 is 4.90 Å². The second kappa shape index (κ2) is 7.25. The van der Waals surface area contributed by atoms with Gasteiger partial charge in [-0.15, -0.1) is 11.8 Å². The number of thiazole rings is 1. The van der Waals surface area contributed by atoms with Gasteiger partial charge in [0.15, 0.2) is 5.13 Å². The Labute approximate surface area is 159 Å². The van der Waals surface area contributed by atoms with E-state index in [2.05, 4.69) is 29.4 Å². The molecule has 2 aromatic carbocycles. The molecule has 0 radical (unpaired) electrons. The fourth-order valence-corrected chi connectivity index (χ4v) is 4.76. The molecular formula is C19H18FN3OS2. The summed E-state index contributed by atoms with van der Waals surface area (Å²) in [6.45, 7) is 2.78. The van der Waals surface area contributed by atoms with Crippen LogP contribution in [0.1, 0.15) is 10.4 Å². The summed E-state index contributed by atoms with van der Waals surface area (Å²) in [5, 5.41) is 1.01. The molecule has 0 bridgehead atoms. The molecule has 1 aliphatic heterocycles. The molecule has 0 spiro atoms. The minimum Gasteiger partial charge on any atom is -0.345 e. The molecule has 0 unspecified atom stereocenters. The fraction of sp³-hybridized carbons (Fsp3) is 0.263. The zero-order valence-electron chi connectivity index (χ0n) is 14.3. The monoisotopic (exact) mass is 387 g/mol. The fourth-order valence-electron chi connectivity index (χ4n) is 3.09. The van der Waals surface area contributed by atoms with Gasteiger partial charge in [0.25, 0.3) is 5.91 Å². The molecule has 0 aliphatic carbocycles. The van der Waals surface area contributed by atoms with Crippen molar-refractivity contribution < 1.29 is 9.18 Å². The van der Waals surface area contributed by atoms with Gasteiger partial charge in [0.2, 0.25) is 0 Å². The average Bonchev–Trinajstić information content (AvgIpc) is 3.12. The summed E-state index contributed by atoms with van der Waals surface area (Å²) >= 11 is 3.40. The molecule has 7 heteroatoms. The van der Waals surface area contributed by atoms with Crippen molar-refractivity contribution in [1.82, 2.24) is 9.88 Å². The highest BCUT2D eigenvalue weighted by atomic mass is 32.2. The first-order chi connectivity index (χ1) is 12.7. The van der Waals surface area contributed by atoms with Gasteiger partial charge in [0.05, 0.1) is 10.2 Å². The van der Waals surface area contributed by atoms with Crippen LogP contribution in [0.4, 0.5) is 9.52 Å².